The quantitative estimate of drug-likeness (QED) is 0.301. The van der Waals surface area contributed by atoms with Crippen molar-refractivity contribution in [2.24, 2.45) is 0 Å². The number of nitrogens with zero attached hydrogens (tertiary/aromatic N) is 2. The number of sulfonamides is 1. The van der Waals surface area contributed by atoms with Crippen LogP contribution >= 0.6 is 34.8 Å². The Morgan fingerprint density at radius 1 is 0.872 bits per heavy atom. The smallest absolute Gasteiger partial charge is 0.264 e. The Hall–Kier alpha value is -2.78. The van der Waals surface area contributed by atoms with E-state index >= 15 is 0 Å². The fourth-order valence-corrected chi connectivity index (χ4v) is 5.66. The summed E-state index contributed by atoms with van der Waals surface area (Å²) in [5.41, 5.74) is 1.86. The monoisotopic (exact) mass is 609 g/mol. The van der Waals surface area contributed by atoms with Gasteiger partial charge in [0.15, 0.2) is 0 Å². The Bertz CT molecular complexity index is 1430. The number of rotatable bonds is 10. The molecule has 1 atom stereocenters. The zero-order valence-corrected chi connectivity index (χ0v) is 25.1. The third-order valence-electron chi connectivity index (χ3n) is 5.94. The molecule has 0 heterocycles. The lowest BCUT2D eigenvalue weighted by Crippen LogP contribution is -2.52. The molecule has 3 aromatic carbocycles. The second-order valence-electron chi connectivity index (χ2n) is 9.41. The Kier molecular flexibility index (Phi) is 10.3. The zero-order valence-electron chi connectivity index (χ0n) is 22.0. The normalized spacial score (nSPS) is 12.2. The lowest BCUT2D eigenvalue weighted by molar-refractivity contribution is -0.139. The van der Waals surface area contributed by atoms with Crippen LogP contribution in [0.2, 0.25) is 15.1 Å². The van der Waals surface area contributed by atoms with Crippen molar-refractivity contribution in [3.05, 3.63) is 92.9 Å². The minimum absolute atomic E-state index is 0.00509. The highest BCUT2D eigenvalue weighted by Gasteiger charge is 2.32. The van der Waals surface area contributed by atoms with Gasteiger partial charge in [-0.25, -0.2) is 8.42 Å². The molecular weight excluding hydrogens is 581 g/mol. The number of aryl methyl sites for hydroxylation is 1. The molecule has 0 saturated carbocycles. The van der Waals surface area contributed by atoms with Crippen LogP contribution in [-0.4, -0.2) is 43.8 Å². The van der Waals surface area contributed by atoms with Crippen molar-refractivity contribution in [3.8, 4) is 0 Å². The molecule has 0 unspecified atom stereocenters. The van der Waals surface area contributed by atoms with Crippen molar-refractivity contribution in [2.75, 3.05) is 10.8 Å². The van der Waals surface area contributed by atoms with Crippen LogP contribution < -0.4 is 9.62 Å². The maximum Gasteiger partial charge on any atom is 0.264 e. The summed E-state index contributed by atoms with van der Waals surface area (Å²) >= 11 is 18.2. The first-order valence-electron chi connectivity index (χ1n) is 12.2. The van der Waals surface area contributed by atoms with E-state index in [9.17, 15) is 18.0 Å². The molecule has 7 nitrogen and oxygen atoms in total. The van der Waals surface area contributed by atoms with E-state index in [1.807, 2.05) is 20.8 Å². The molecule has 208 valence electrons. The van der Waals surface area contributed by atoms with Gasteiger partial charge >= 0.3 is 0 Å². The van der Waals surface area contributed by atoms with Gasteiger partial charge in [-0.15, -0.1) is 0 Å². The molecule has 0 bridgehead atoms. The number of nitrogens with one attached hydrogen (secondary N) is 1. The third-order valence-corrected chi connectivity index (χ3v) is 8.72. The second kappa shape index (κ2) is 13.0. The fourth-order valence-electron chi connectivity index (χ4n) is 3.80. The first-order chi connectivity index (χ1) is 18.3. The van der Waals surface area contributed by atoms with Crippen LogP contribution in [0.3, 0.4) is 0 Å². The van der Waals surface area contributed by atoms with Crippen LogP contribution in [0.1, 0.15) is 31.9 Å². The summed E-state index contributed by atoms with van der Waals surface area (Å²) in [6.07, 6.45) is 0. The summed E-state index contributed by atoms with van der Waals surface area (Å²) in [7, 11) is -4.17. The summed E-state index contributed by atoms with van der Waals surface area (Å²) in [4.78, 5) is 28.1. The highest BCUT2D eigenvalue weighted by Crippen LogP contribution is 2.27. The zero-order chi connectivity index (χ0) is 28.9. The number of benzene rings is 3. The maximum absolute atomic E-state index is 13.9. The summed E-state index contributed by atoms with van der Waals surface area (Å²) < 4.78 is 28.6. The number of halogens is 3. The molecule has 1 N–H and O–H groups in total. The molecule has 11 heteroatoms. The van der Waals surface area contributed by atoms with E-state index in [2.05, 4.69) is 5.32 Å². The van der Waals surface area contributed by atoms with Gasteiger partial charge in [-0.2, -0.15) is 0 Å². The van der Waals surface area contributed by atoms with Crippen LogP contribution in [0.15, 0.2) is 71.6 Å². The number of anilines is 1. The van der Waals surface area contributed by atoms with Gasteiger partial charge in [0.25, 0.3) is 10.0 Å². The van der Waals surface area contributed by atoms with E-state index in [1.165, 1.54) is 29.2 Å². The Labute approximate surface area is 244 Å². The lowest BCUT2D eigenvalue weighted by atomic mass is 10.1. The van der Waals surface area contributed by atoms with E-state index in [1.54, 1.807) is 49.4 Å². The van der Waals surface area contributed by atoms with Crippen LogP contribution in [0.4, 0.5) is 5.69 Å². The molecular formula is C28H30Cl3N3O4S. The molecule has 0 aliphatic rings. The molecule has 0 spiro atoms. The predicted octanol–water partition coefficient (Wildman–Crippen LogP) is 6.09. The van der Waals surface area contributed by atoms with Crippen molar-refractivity contribution >= 4 is 62.3 Å². The first kappa shape index (κ1) is 30.8. The van der Waals surface area contributed by atoms with Crippen LogP contribution in [-0.2, 0) is 26.2 Å². The SMILES string of the molecule is Cc1ccc(N(CC(=O)N(Cc2ccc(Cl)c(Cl)c2)[C@H](C)C(=O)NC(C)C)S(=O)(=O)c2ccc(Cl)cc2)cc1. The lowest BCUT2D eigenvalue weighted by Gasteiger charge is -2.32. The van der Waals surface area contributed by atoms with Gasteiger partial charge in [0.05, 0.1) is 20.6 Å². The number of amides is 2. The van der Waals surface area contributed by atoms with E-state index in [0.717, 1.165) is 9.87 Å². The van der Waals surface area contributed by atoms with Crippen LogP contribution in [0.25, 0.3) is 0 Å². The molecule has 0 aliphatic carbocycles. The van der Waals surface area contributed by atoms with Crippen molar-refractivity contribution in [1.29, 1.82) is 0 Å². The molecule has 0 aromatic heterocycles. The molecule has 0 saturated heterocycles. The first-order valence-corrected chi connectivity index (χ1v) is 14.8. The predicted molar refractivity (Wildman–Crippen MR) is 157 cm³/mol. The molecule has 3 rings (SSSR count). The summed E-state index contributed by atoms with van der Waals surface area (Å²) in [6.45, 7) is 6.55. The number of carbonyl (C=O) groups excluding carboxylic acids is 2. The van der Waals surface area contributed by atoms with E-state index in [4.69, 9.17) is 34.8 Å². The maximum atomic E-state index is 13.9. The van der Waals surface area contributed by atoms with Gasteiger partial charge in [-0.3, -0.25) is 13.9 Å². The molecule has 3 aromatic rings. The van der Waals surface area contributed by atoms with E-state index in [0.29, 0.717) is 26.3 Å². The van der Waals surface area contributed by atoms with Gasteiger partial charge in [0, 0.05) is 17.6 Å². The molecule has 0 aliphatic heterocycles. The Morgan fingerprint density at radius 2 is 1.49 bits per heavy atom. The standard InChI is InChI=1S/C28H30Cl3N3O4S/c1-18(2)32-28(36)20(4)33(16-21-7-14-25(30)26(31)15-21)27(35)17-34(23-10-5-19(3)6-11-23)39(37,38)24-12-8-22(29)9-13-24/h5-15,18,20H,16-17H2,1-4H3,(H,32,36)/t20-/m1/s1. The largest absolute Gasteiger partial charge is 0.352 e. The molecule has 0 fully saturated rings. The third kappa shape index (κ3) is 7.88. The molecule has 0 radical (unpaired) electrons. The Morgan fingerprint density at radius 3 is 2.05 bits per heavy atom. The van der Waals surface area contributed by atoms with E-state index < -0.39 is 28.5 Å². The van der Waals surface area contributed by atoms with Gasteiger partial charge in [-0.1, -0.05) is 58.6 Å². The van der Waals surface area contributed by atoms with Crippen LogP contribution in [0, 0.1) is 6.92 Å². The minimum atomic E-state index is -4.17. The average molecular weight is 611 g/mol. The van der Waals surface area contributed by atoms with E-state index in [-0.39, 0.29) is 23.4 Å². The second-order valence-corrected chi connectivity index (χ2v) is 12.5. The minimum Gasteiger partial charge on any atom is -0.352 e. The van der Waals surface area contributed by atoms with Crippen molar-refractivity contribution < 1.29 is 18.0 Å². The molecule has 39 heavy (non-hydrogen) atoms. The fraction of sp³-hybridized carbons (Fsp3) is 0.286. The van der Waals surface area contributed by atoms with Gasteiger partial charge in [0.1, 0.15) is 12.6 Å². The highest BCUT2D eigenvalue weighted by molar-refractivity contribution is 7.92. The van der Waals surface area contributed by atoms with Gasteiger partial charge in [0.2, 0.25) is 11.8 Å². The summed E-state index contributed by atoms with van der Waals surface area (Å²) in [5.74, 6) is -0.952. The average Bonchev–Trinajstić information content (AvgIpc) is 2.87. The number of hydrogen-bond donors (Lipinski definition) is 1. The van der Waals surface area contributed by atoms with Crippen LogP contribution in [0.5, 0.6) is 0 Å². The van der Waals surface area contributed by atoms with Crippen molar-refractivity contribution in [3.63, 3.8) is 0 Å². The summed E-state index contributed by atoms with van der Waals surface area (Å²) in [6, 6.07) is 16.3. The van der Waals surface area contributed by atoms with Gasteiger partial charge in [-0.05, 0) is 81.8 Å². The van der Waals surface area contributed by atoms with Crippen molar-refractivity contribution in [2.45, 2.75) is 51.2 Å². The number of hydrogen-bond acceptors (Lipinski definition) is 4. The van der Waals surface area contributed by atoms with Gasteiger partial charge < -0.3 is 10.2 Å². The van der Waals surface area contributed by atoms with Crippen molar-refractivity contribution in [1.82, 2.24) is 10.2 Å². The number of carbonyl (C=O) groups is 2. The highest BCUT2D eigenvalue weighted by atomic mass is 35.5. The summed E-state index contributed by atoms with van der Waals surface area (Å²) in [5, 5.41) is 3.84. The molecule has 2 amide bonds. The topological polar surface area (TPSA) is 86.8 Å². The Balaban J connectivity index is 2.04.